The minimum atomic E-state index is 0.554. The van der Waals surface area contributed by atoms with Crippen molar-refractivity contribution in [1.82, 2.24) is 20.0 Å². The van der Waals surface area contributed by atoms with Gasteiger partial charge in [-0.1, -0.05) is 24.6 Å². The van der Waals surface area contributed by atoms with Gasteiger partial charge in [-0.05, 0) is 24.5 Å². The maximum absolute atomic E-state index is 5.79. The lowest BCUT2D eigenvalue weighted by atomic mass is 10.2. The zero-order chi connectivity index (χ0) is 12.1. The molecule has 0 atom stereocenters. The fourth-order valence-corrected chi connectivity index (χ4v) is 1.80. The van der Waals surface area contributed by atoms with E-state index in [1.54, 1.807) is 6.20 Å². The highest BCUT2D eigenvalue weighted by Gasteiger charge is 2.08. The van der Waals surface area contributed by atoms with Crippen LogP contribution in [-0.2, 0) is 19.4 Å². The van der Waals surface area contributed by atoms with Gasteiger partial charge in [0.1, 0.15) is 0 Å². The van der Waals surface area contributed by atoms with Gasteiger partial charge in [-0.25, -0.2) is 4.68 Å². The minimum Gasteiger partial charge on any atom is -0.381 e. The maximum atomic E-state index is 5.79. The number of aromatic nitrogens is 4. The zero-order valence-corrected chi connectivity index (χ0v) is 10.0. The number of hydrogen-bond donors (Lipinski definition) is 1. The number of anilines is 1. The Labute approximate surface area is 101 Å². The van der Waals surface area contributed by atoms with Gasteiger partial charge in [0.25, 0.3) is 0 Å². The van der Waals surface area contributed by atoms with Gasteiger partial charge in [-0.2, -0.15) is 0 Å². The summed E-state index contributed by atoms with van der Waals surface area (Å²) in [4.78, 5) is 4.09. The quantitative estimate of drug-likeness (QED) is 0.845. The molecule has 0 spiro atoms. The molecule has 5 heteroatoms. The summed E-state index contributed by atoms with van der Waals surface area (Å²) in [5, 5.41) is 7.99. The Bertz CT molecular complexity index is 463. The number of aryl methyl sites for hydroxylation is 2. The molecule has 0 saturated carbocycles. The van der Waals surface area contributed by atoms with Crippen LogP contribution in [0.2, 0.25) is 0 Å². The predicted molar refractivity (Wildman–Crippen MR) is 66.4 cm³/mol. The zero-order valence-electron chi connectivity index (χ0n) is 10.0. The minimum absolute atomic E-state index is 0.554. The molecule has 0 fully saturated rings. The van der Waals surface area contributed by atoms with Gasteiger partial charge in [0, 0.05) is 18.9 Å². The van der Waals surface area contributed by atoms with Gasteiger partial charge in [0.2, 0.25) is 0 Å². The molecule has 0 aliphatic carbocycles. The van der Waals surface area contributed by atoms with Gasteiger partial charge in [-0.15, -0.1) is 5.10 Å². The lowest BCUT2D eigenvalue weighted by Crippen LogP contribution is -2.08. The summed E-state index contributed by atoms with van der Waals surface area (Å²) in [5.41, 5.74) is 8.03. The Morgan fingerprint density at radius 3 is 2.94 bits per heavy atom. The first kappa shape index (κ1) is 11.6. The highest BCUT2D eigenvalue weighted by Crippen LogP contribution is 2.11. The summed E-state index contributed by atoms with van der Waals surface area (Å²) in [6, 6.07) is 4.00. The van der Waals surface area contributed by atoms with Gasteiger partial charge in [0.05, 0.1) is 5.69 Å². The van der Waals surface area contributed by atoms with Gasteiger partial charge in [-0.3, -0.25) is 4.98 Å². The third-order valence-corrected chi connectivity index (χ3v) is 2.69. The Morgan fingerprint density at radius 2 is 2.24 bits per heavy atom. The summed E-state index contributed by atoms with van der Waals surface area (Å²) in [7, 11) is 0. The molecule has 0 aromatic carbocycles. The smallest absolute Gasteiger partial charge is 0.169 e. The second kappa shape index (κ2) is 5.43. The number of nitrogens with zero attached hydrogens (tertiary/aromatic N) is 4. The molecule has 2 N–H and O–H groups in total. The summed E-state index contributed by atoms with van der Waals surface area (Å²) in [6.45, 7) is 2.92. The molecule has 0 amide bonds. The van der Waals surface area contributed by atoms with Crippen molar-refractivity contribution in [2.75, 3.05) is 5.73 Å². The van der Waals surface area contributed by atoms with E-state index in [4.69, 9.17) is 5.73 Å². The average molecular weight is 231 g/mol. The van der Waals surface area contributed by atoms with Crippen LogP contribution in [0.5, 0.6) is 0 Å². The SMILES string of the molecule is CCCc1c(N)nnn1CCc1cccnc1. The normalized spacial score (nSPS) is 10.6. The Kier molecular flexibility index (Phi) is 3.69. The van der Waals surface area contributed by atoms with Crippen molar-refractivity contribution >= 4 is 5.82 Å². The second-order valence-corrected chi connectivity index (χ2v) is 4.01. The first-order valence-corrected chi connectivity index (χ1v) is 5.88. The molecule has 90 valence electrons. The highest BCUT2D eigenvalue weighted by atomic mass is 15.4. The third-order valence-electron chi connectivity index (χ3n) is 2.69. The summed E-state index contributed by atoms with van der Waals surface area (Å²) in [6.07, 6.45) is 6.52. The lowest BCUT2D eigenvalue weighted by molar-refractivity contribution is 0.561. The molecule has 17 heavy (non-hydrogen) atoms. The van der Waals surface area contributed by atoms with E-state index in [9.17, 15) is 0 Å². The molecular weight excluding hydrogens is 214 g/mol. The molecule has 0 aliphatic rings. The maximum Gasteiger partial charge on any atom is 0.169 e. The van der Waals surface area contributed by atoms with Gasteiger partial charge in [0.15, 0.2) is 5.82 Å². The van der Waals surface area contributed by atoms with Crippen LogP contribution in [0.3, 0.4) is 0 Å². The van der Waals surface area contributed by atoms with Crippen molar-refractivity contribution in [2.45, 2.75) is 32.7 Å². The van der Waals surface area contributed by atoms with E-state index in [0.29, 0.717) is 5.82 Å². The van der Waals surface area contributed by atoms with E-state index in [1.807, 2.05) is 16.9 Å². The molecule has 0 saturated heterocycles. The summed E-state index contributed by atoms with van der Waals surface area (Å²) in [5.74, 6) is 0.554. The average Bonchev–Trinajstić information content (AvgIpc) is 2.70. The topological polar surface area (TPSA) is 69.6 Å². The molecular formula is C12H17N5. The van der Waals surface area contributed by atoms with Crippen molar-refractivity contribution < 1.29 is 0 Å². The Balaban J connectivity index is 2.04. The molecule has 2 aromatic heterocycles. The van der Waals surface area contributed by atoms with Crippen molar-refractivity contribution in [3.8, 4) is 0 Å². The van der Waals surface area contributed by atoms with Crippen LogP contribution in [0.15, 0.2) is 24.5 Å². The number of pyridine rings is 1. The molecule has 5 nitrogen and oxygen atoms in total. The molecule has 0 bridgehead atoms. The molecule has 2 heterocycles. The fraction of sp³-hybridized carbons (Fsp3) is 0.417. The van der Waals surface area contributed by atoms with Crippen molar-refractivity contribution in [1.29, 1.82) is 0 Å². The number of rotatable bonds is 5. The molecule has 0 radical (unpaired) electrons. The van der Waals surface area contributed by atoms with Crippen LogP contribution in [-0.4, -0.2) is 20.0 Å². The van der Waals surface area contributed by atoms with E-state index in [2.05, 4.69) is 28.3 Å². The van der Waals surface area contributed by atoms with Crippen LogP contribution in [0, 0.1) is 0 Å². The van der Waals surface area contributed by atoms with E-state index in [-0.39, 0.29) is 0 Å². The number of nitrogens with two attached hydrogens (primary N) is 1. The van der Waals surface area contributed by atoms with Crippen LogP contribution < -0.4 is 5.73 Å². The van der Waals surface area contributed by atoms with E-state index < -0.39 is 0 Å². The van der Waals surface area contributed by atoms with Crippen LogP contribution in [0.25, 0.3) is 0 Å². The van der Waals surface area contributed by atoms with E-state index in [0.717, 1.165) is 31.5 Å². The Morgan fingerprint density at radius 1 is 1.35 bits per heavy atom. The molecule has 2 rings (SSSR count). The standard InChI is InChI=1S/C12H17N5/c1-2-4-11-12(13)15-16-17(11)8-6-10-5-3-7-14-9-10/h3,5,7,9H,2,4,6,8,13H2,1H3. The summed E-state index contributed by atoms with van der Waals surface area (Å²) >= 11 is 0. The van der Waals surface area contributed by atoms with E-state index >= 15 is 0 Å². The van der Waals surface area contributed by atoms with Crippen LogP contribution in [0.1, 0.15) is 24.6 Å². The second-order valence-electron chi connectivity index (χ2n) is 4.01. The lowest BCUT2D eigenvalue weighted by Gasteiger charge is -2.05. The first-order chi connectivity index (χ1) is 8.31. The number of hydrogen-bond acceptors (Lipinski definition) is 4. The van der Waals surface area contributed by atoms with Crippen molar-refractivity contribution in [3.63, 3.8) is 0 Å². The predicted octanol–water partition coefficient (Wildman–Crippen LogP) is 1.45. The van der Waals surface area contributed by atoms with Crippen LogP contribution in [0.4, 0.5) is 5.82 Å². The van der Waals surface area contributed by atoms with Crippen molar-refractivity contribution in [2.24, 2.45) is 0 Å². The third kappa shape index (κ3) is 2.81. The van der Waals surface area contributed by atoms with E-state index in [1.165, 1.54) is 5.56 Å². The monoisotopic (exact) mass is 231 g/mol. The van der Waals surface area contributed by atoms with Crippen LogP contribution >= 0.6 is 0 Å². The van der Waals surface area contributed by atoms with Gasteiger partial charge >= 0.3 is 0 Å². The fourth-order valence-electron chi connectivity index (χ4n) is 1.80. The molecule has 0 aliphatic heterocycles. The highest BCUT2D eigenvalue weighted by molar-refractivity contribution is 5.32. The number of nitrogen functional groups attached to an aromatic ring is 1. The largest absolute Gasteiger partial charge is 0.381 e. The molecule has 0 unspecified atom stereocenters. The molecule has 2 aromatic rings. The van der Waals surface area contributed by atoms with Gasteiger partial charge < -0.3 is 5.73 Å². The summed E-state index contributed by atoms with van der Waals surface area (Å²) < 4.78 is 1.89. The first-order valence-electron chi connectivity index (χ1n) is 5.88. The Hall–Kier alpha value is -1.91. The van der Waals surface area contributed by atoms with Crippen molar-refractivity contribution in [3.05, 3.63) is 35.8 Å².